The molecule has 128 valence electrons. The molecule has 3 heterocycles. The van der Waals surface area contributed by atoms with E-state index in [1.165, 1.54) is 0 Å². The predicted molar refractivity (Wildman–Crippen MR) is 92.8 cm³/mol. The number of rotatable bonds is 3. The first-order chi connectivity index (χ1) is 11.5. The van der Waals surface area contributed by atoms with Crippen molar-refractivity contribution in [3.63, 3.8) is 0 Å². The standard InChI is InChI=1S/C18H22N2O3S/c1-18(2)14(15(21)19-10-11-6-5-9-23-11)20-16(22)12-7-3-4-8-13(12)17(20)24-18/h3-4,7-8,11,14,17H,5-6,9-10H2,1-2H3,(H,19,21)/t11-,14+,17-/m1/s1. The lowest BCUT2D eigenvalue weighted by molar-refractivity contribution is -0.126. The number of hydrogen-bond donors (Lipinski definition) is 1. The van der Waals surface area contributed by atoms with Crippen LogP contribution in [0.15, 0.2) is 24.3 Å². The van der Waals surface area contributed by atoms with Gasteiger partial charge in [-0.3, -0.25) is 9.59 Å². The Bertz CT molecular complexity index is 685. The van der Waals surface area contributed by atoms with Crippen molar-refractivity contribution >= 4 is 23.6 Å². The summed E-state index contributed by atoms with van der Waals surface area (Å²) in [6.45, 7) is 5.38. The fourth-order valence-electron chi connectivity index (χ4n) is 3.92. The molecule has 2 amide bonds. The van der Waals surface area contributed by atoms with Gasteiger partial charge in [0, 0.05) is 23.5 Å². The maximum atomic E-state index is 12.9. The van der Waals surface area contributed by atoms with Gasteiger partial charge in [-0.1, -0.05) is 18.2 Å². The van der Waals surface area contributed by atoms with E-state index < -0.39 is 6.04 Å². The maximum Gasteiger partial charge on any atom is 0.256 e. The normalized spacial score (nSPS) is 30.3. The van der Waals surface area contributed by atoms with E-state index in [9.17, 15) is 9.59 Å². The van der Waals surface area contributed by atoms with E-state index in [1.807, 2.05) is 38.1 Å². The summed E-state index contributed by atoms with van der Waals surface area (Å²) in [5.74, 6) is -0.113. The Morgan fingerprint density at radius 1 is 1.42 bits per heavy atom. The molecule has 0 radical (unpaired) electrons. The van der Waals surface area contributed by atoms with Crippen molar-refractivity contribution in [2.45, 2.75) is 49.0 Å². The molecule has 0 aliphatic carbocycles. The topological polar surface area (TPSA) is 58.6 Å². The van der Waals surface area contributed by atoms with Gasteiger partial charge in [0.05, 0.1) is 6.10 Å². The summed E-state index contributed by atoms with van der Waals surface area (Å²) in [7, 11) is 0. The third-order valence-electron chi connectivity index (χ3n) is 5.07. The van der Waals surface area contributed by atoms with Crippen molar-refractivity contribution in [3.05, 3.63) is 35.4 Å². The number of ether oxygens (including phenoxy) is 1. The molecule has 6 heteroatoms. The zero-order valence-corrected chi connectivity index (χ0v) is 14.8. The molecular weight excluding hydrogens is 324 g/mol. The number of nitrogens with one attached hydrogen (secondary N) is 1. The first-order valence-corrected chi connectivity index (χ1v) is 9.36. The van der Waals surface area contributed by atoms with Gasteiger partial charge in [-0.2, -0.15) is 0 Å². The first-order valence-electron chi connectivity index (χ1n) is 8.48. The van der Waals surface area contributed by atoms with Gasteiger partial charge in [0.2, 0.25) is 5.91 Å². The quantitative estimate of drug-likeness (QED) is 0.913. The summed E-state index contributed by atoms with van der Waals surface area (Å²) in [5.41, 5.74) is 1.75. The summed E-state index contributed by atoms with van der Waals surface area (Å²) in [6.07, 6.45) is 2.14. The van der Waals surface area contributed by atoms with E-state index in [4.69, 9.17) is 4.74 Å². The Kier molecular flexibility index (Phi) is 3.84. The molecule has 5 nitrogen and oxygen atoms in total. The Morgan fingerprint density at radius 2 is 2.21 bits per heavy atom. The monoisotopic (exact) mass is 346 g/mol. The smallest absolute Gasteiger partial charge is 0.256 e. The Morgan fingerprint density at radius 3 is 2.96 bits per heavy atom. The second kappa shape index (κ2) is 5.77. The van der Waals surface area contributed by atoms with E-state index >= 15 is 0 Å². The lowest BCUT2D eigenvalue weighted by atomic mass is 10.0. The summed E-state index contributed by atoms with van der Waals surface area (Å²) in [5, 5.41) is 2.94. The van der Waals surface area contributed by atoms with Crippen molar-refractivity contribution in [2.75, 3.05) is 13.2 Å². The molecule has 2 fully saturated rings. The molecule has 1 aromatic rings. The summed E-state index contributed by atoms with van der Waals surface area (Å²) >= 11 is 1.69. The Hall–Kier alpha value is -1.53. The number of carbonyl (C=O) groups excluding carboxylic acids is 2. The summed E-state index contributed by atoms with van der Waals surface area (Å²) in [4.78, 5) is 27.5. The molecule has 1 aromatic carbocycles. The second-order valence-electron chi connectivity index (χ2n) is 7.16. The molecule has 0 bridgehead atoms. The lowest BCUT2D eigenvalue weighted by Gasteiger charge is -2.29. The average Bonchev–Trinajstić information content (AvgIpc) is 3.22. The van der Waals surface area contributed by atoms with Crippen LogP contribution in [0.5, 0.6) is 0 Å². The van der Waals surface area contributed by atoms with Gasteiger partial charge in [-0.15, -0.1) is 11.8 Å². The van der Waals surface area contributed by atoms with Crippen molar-refractivity contribution in [2.24, 2.45) is 0 Å². The number of thioether (sulfide) groups is 1. The number of carbonyl (C=O) groups is 2. The van der Waals surface area contributed by atoms with Gasteiger partial charge in [0.1, 0.15) is 11.4 Å². The molecule has 0 spiro atoms. The SMILES string of the molecule is CC1(C)S[C@@H]2c3ccccc3C(=O)N2[C@H]1C(=O)NC[C@H]1CCCO1. The van der Waals surface area contributed by atoms with Gasteiger partial charge in [0.25, 0.3) is 5.91 Å². The molecule has 3 aliphatic rings. The average molecular weight is 346 g/mol. The van der Waals surface area contributed by atoms with Gasteiger partial charge < -0.3 is 15.0 Å². The molecule has 3 atom stereocenters. The van der Waals surface area contributed by atoms with Crippen molar-refractivity contribution in [1.29, 1.82) is 0 Å². The fraction of sp³-hybridized carbons (Fsp3) is 0.556. The first kappa shape index (κ1) is 16.0. The Labute approximate surface area is 146 Å². The molecule has 4 rings (SSSR count). The zero-order valence-electron chi connectivity index (χ0n) is 14.0. The molecule has 2 saturated heterocycles. The molecule has 0 aromatic heterocycles. The van der Waals surface area contributed by atoms with Gasteiger partial charge in [0.15, 0.2) is 0 Å². The maximum absolute atomic E-state index is 12.9. The van der Waals surface area contributed by atoms with Crippen LogP contribution in [0.3, 0.4) is 0 Å². The molecule has 0 unspecified atom stereocenters. The molecule has 1 N–H and O–H groups in total. The highest BCUT2D eigenvalue weighted by molar-refractivity contribution is 8.01. The highest BCUT2D eigenvalue weighted by Gasteiger charge is 2.57. The molecule has 24 heavy (non-hydrogen) atoms. The van der Waals surface area contributed by atoms with Crippen LogP contribution in [0.25, 0.3) is 0 Å². The van der Waals surface area contributed by atoms with Crippen LogP contribution in [-0.4, -0.2) is 46.8 Å². The zero-order chi connectivity index (χ0) is 16.9. The van der Waals surface area contributed by atoms with E-state index in [0.29, 0.717) is 6.54 Å². The van der Waals surface area contributed by atoms with Gasteiger partial charge in [-0.05, 0) is 38.3 Å². The fourth-order valence-corrected chi connectivity index (χ4v) is 5.51. The van der Waals surface area contributed by atoms with E-state index in [2.05, 4.69) is 5.32 Å². The third-order valence-corrected chi connectivity index (χ3v) is 6.61. The second-order valence-corrected chi connectivity index (χ2v) is 8.89. The van der Waals surface area contributed by atoms with Crippen LogP contribution in [-0.2, 0) is 9.53 Å². The van der Waals surface area contributed by atoms with Crippen molar-refractivity contribution in [1.82, 2.24) is 10.2 Å². The summed E-state index contributed by atoms with van der Waals surface area (Å²) < 4.78 is 5.25. The summed E-state index contributed by atoms with van der Waals surface area (Å²) in [6, 6.07) is 7.21. The highest BCUT2D eigenvalue weighted by atomic mass is 32.2. The van der Waals surface area contributed by atoms with Gasteiger partial charge >= 0.3 is 0 Å². The Balaban J connectivity index is 1.56. The van der Waals surface area contributed by atoms with Crippen molar-refractivity contribution < 1.29 is 14.3 Å². The van der Waals surface area contributed by atoms with Crippen LogP contribution in [0.1, 0.15) is 48.0 Å². The minimum atomic E-state index is -0.464. The van der Waals surface area contributed by atoms with Crippen LogP contribution in [0.2, 0.25) is 0 Å². The van der Waals surface area contributed by atoms with E-state index in [-0.39, 0.29) is 28.0 Å². The number of amides is 2. The minimum absolute atomic E-state index is 0.0362. The van der Waals surface area contributed by atoms with Gasteiger partial charge in [-0.25, -0.2) is 0 Å². The largest absolute Gasteiger partial charge is 0.376 e. The van der Waals surface area contributed by atoms with E-state index in [0.717, 1.165) is 30.6 Å². The number of hydrogen-bond acceptors (Lipinski definition) is 4. The number of fused-ring (bicyclic) bond motifs is 3. The van der Waals surface area contributed by atoms with Crippen LogP contribution >= 0.6 is 11.8 Å². The predicted octanol–water partition coefficient (Wildman–Crippen LogP) is 2.33. The van der Waals surface area contributed by atoms with E-state index in [1.54, 1.807) is 16.7 Å². The minimum Gasteiger partial charge on any atom is -0.376 e. The molecule has 3 aliphatic heterocycles. The third kappa shape index (κ3) is 2.43. The molecule has 0 saturated carbocycles. The van der Waals surface area contributed by atoms with Crippen LogP contribution < -0.4 is 5.32 Å². The highest BCUT2D eigenvalue weighted by Crippen LogP contribution is 2.56. The van der Waals surface area contributed by atoms with Crippen molar-refractivity contribution in [3.8, 4) is 0 Å². The van der Waals surface area contributed by atoms with Crippen LogP contribution in [0.4, 0.5) is 0 Å². The number of benzene rings is 1. The van der Waals surface area contributed by atoms with Crippen LogP contribution in [0, 0.1) is 0 Å². The number of nitrogens with zero attached hydrogens (tertiary/aromatic N) is 1. The lowest BCUT2D eigenvalue weighted by Crippen LogP contribution is -2.53. The molecular formula is C18H22N2O3S.